The van der Waals surface area contributed by atoms with E-state index in [1.54, 1.807) is 54.6 Å². The Morgan fingerprint density at radius 3 is 2.36 bits per heavy atom. The summed E-state index contributed by atoms with van der Waals surface area (Å²) in [5.41, 5.74) is 1.68. The summed E-state index contributed by atoms with van der Waals surface area (Å²) in [6.45, 7) is -3.09. The molecule has 0 saturated heterocycles. The van der Waals surface area contributed by atoms with Gasteiger partial charge < -0.3 is 24.3 Å². The lowest BCUT2D eigenvalue weighted by molar-refractivity contribution is -0.0519. The van der Waals surface area contributed by atoms with E-state index in [9.17, 15) is 13.6 Å². The van der Waals surface area contributed by atoms with Crippen molar-refractivity contribution in [1.29, 1.82) is 0 Å². The summed E-state index contributed by atoms with van der Waals surface area (Å²) in [5.74, 6) is 0.504. The highest BCUT2D eigenvalue weighted by molar-refractivity contribution is 6.12. The average Bonchev–Trinajstić information content (AvgIpc) is 2.83. The Kier molecular flexibility index (Phi) is 6.21. The lowest BCUT2D eigenvalue weighted by atomic mass is 10.0. The second kappa shape index (κ2) is 9.23. The van der Waals surface area contributed by atoms with Gasteiger partial charge in [-0.25, -0.2) is 0 Å². The van der Waals surface area contributed by atoms with Gasteiger partial charge in [0.25, 0.3) is 5.91 Å². The highest BCUT2D eigenvalue weighted by Crippen LogP contribution is 2.45. The number of anilines is 2. The Hall–Kier alpha value is -4.01. The number of ether oxygens (including phenoxy) is 4. The van der Waals surface area contributed by atoms with E-state index in [1.165, 1.54) is 32.3 Å². The molecule has 1 N–H and O–H groups in total. The number of alkyl halides is 2. The minimum atomic E-state index is -3.09. The van der Waals surface area contributed by atoms with Gasteiger partial charge in [0.1, 0.15) is 17.7 Å². The topological polar surface area (TPSA) is 69.3 Å². The van der Waals surface area contributed by atoms with Gasteiger partial charge in [0, 0.05) is 17.3 Å². The number of fused-ring (bicyclic) bond motifs is 1. The second-order valence-electron chi connectivity index (χ2n) is 7.06. The standard InChI is InChI=1S/C24H22F2N2O5/c1-30-14-11-12-18(20(13-14)32-3)28-22(27-17-9-5-4-7-15(17)23(28)29)16-8-6-10-19(31-2)21(16)33-24(25)26/h4-13,22,24,27H,1-3H3. The third-order valence-electron chi connectivity index (χ3n) is 5.30. The van der Waals surface area contributed by atoms with Gasteiger partial charge in [-0.05, 0) is 30.3 Å². The van der Waals surface area contributed by atoms with Gasteiger partial charge in [-0.3, -0.25) is 9.69 Å². The smallest absolute Gasteiger partial charge is 0.387 e. The molecule has 4 rings (SSSR count). The number of amides is 1. The normalized spacial score (nSPS) is 15.0. The molecule has 0 aromatic heterocycles. The molecule has 0 spiro atoms. The molecule has 0 saturated carbocycles. The Morgan fingerprint density at radius 2 is 1.67 bits per heavy atom. The number of para-hydroxylation sites is 2. The molecule has 1 aliphatic heterocycles. The summed E-state index contributed by atoms with van der Waals surface area (Å²) in [7, 11) is 4.35. The zero-order valence-corrected chi connectivity index (χ0v) is 18.2. The van der Waals surface area contributed by atoms with Crippen LogP contribution in [0.5, 0.6) is 23.0 Å². The van der Waals surface area contributed by atoms with Gasteiger partial charge in [-0.1, -0.05) is 24.3 Å². The van der Waals surface area contributed by atoms with Crippen molar-refractivity contribution in [3.05, 3.63) is 71.8 Å². The van der Waals surface area contributed by atoms with Crippen LogP contribution in [0.25, 0.3) is 0 Å². The van der Waals surface area contributed by atoms with E-state index in [-0.39, 0.29) is 23.0 Å². The van der Waals surface area contributed by atoms with Gasteiger partial charge in [-0.2, -0.15) is 8.78 Å². The third-order valence-corrected chi connectivity index (χ3v) is 5.30. The summed E-state index contributed by atoms with van der Waals surface area (Å²) in [6, 6.07) is 16.7. The fourth-order valence-corrected chi connectivity index (χ4v) is 3.83. The molecule has 0 bridgehead atoms. The minimum absolute atomic E-state index is 0.113. The Morgan fingerprint density at radius 1 is 0.909 bits per heavy atom. The van der Waals surface area contributed by atoms with Gasteiger partial charge in [-0.15, -0.1) is 0 Å². The van der Waals surface area contributed by atoms with Crippen LogP contribution in [0.3, 0.4) is 0 Å². The van der Waals surface area contributed by atoms with E-state index in [0.717, 1.165) is 0 Å². The highest BCUT2D eigenvalue weighted by atomic mass is 19.3. The van der Waals surface area contributed by atoms with Crippen molar-refractivity contribution in [2.75, 3.05) is 31.5 Å². The highest BCUT2D eigenvalue weighted by Gasteiger charge is 2.38. The van der Waals surface area contributed by atoms with Crippen LogP contribution >= 0.6 is 0 Å². The van der Waals surface area contributed by atoms with Crippen molar-refractivity contribution < 1.29 is 32.5 Å². The number of carbonyl (C=O) groups excluding carboxylic acids is 1. The molecule has 7 nitrogen and oxygen atoms in total. The van der Waals surface area contributed by atoms with E-state index in [4.69, 9.17) is 18.9 Å². The zero-order valence-electron chi connectivity index (χ0n) is 18.2. The van der Waals surface area contributed by atoms with Crippen molar-refractivity contribution in [3.8, 4) is 23.0 Å². The number of carbonyl (C=O) groups is 1. The molecule has 1 aliphatic rings. The number of hydrogen-bond donors (Lipinski definition) is 1. The molecular formula is C24H22F2N2O5. The van der Waals surface area contributed by atoms with Crippen LogP contribution in [0.2, 0.25) is 0 Å². The first kappa shape index (κ1) is 22.2. The summed E-state index contributed by atoms with van der Waals surface area (Å²) < 4.78 is 47.5. The first-order chi connectivity index (χ1) is 16.0. The summed E-state index contributed by atoms with van der Waals surface area (Å²) in [6.07, 6.45) is -0.904. The van der Waals surface area contributed by atoms with Crippen molar-refractivity contribution >= 4 is 17.3 Å². The van der Waals surface area contributed by atoms with Crippen molar-refractivity contribution in [2.45, 2.75) is 12.8 Å². The van der Waals surface area contributed by atoms with Crippen LogP contribution < -0.4 is 29.2 Å². The average molecular weight is 456 g/mol. The number of methoxy groups -OCH3 is 3. The van der Waals surface area contributed by atoms with Gasteiger partial charge >= 0.3 is 6.61 Å². The van der Waals surface area contributed by atoms with Crippen molar-refractivity contribution in [2.24, 2.45) is 0 Å². The van der Waals surface area contributed by atoms with Crippen LogP contribution in [-0.2, 0) is 0 Å². The largest absolute Gasteiger partial charge is 0.497 e. The summed E-state index contributed by atoms with van der Waals surface area (Å²) in [5, 5.41) is 3.27. The first-order valence-corrected chi connectivity index (χ1v) is 10.0. The van der Waals surface area contributed by atoms with Crippen LogP contribution in [0.1, 0.15) is 22.1 Å². The van der Waals surface area contributed by atoms with Gasteiger partial charge in [0.2, 0.25) is 0 Å². The maximum Gasteiger partial charge on any atom is 0.387 e. The Balaban J connectivity index is 1.94. The Bertz CT molecular complexity index is 1170. The fraction of sp³-hybridized carbons (Fsp3) is 0.208. The maximum absolute atomic E-state index is 13.7. The lowest BCUT2D eigenvalue weighted by Crippen LogP contribution is -2.43. The maximum atomic E-state index is 13.7. The number of benzene rings is 3. The van der Waals surface area contributed by atoms with Crippen LogP contribution in [0.15, 0.2) is 60.7 Å². The molecule has 1 unspecified atom stereocenters. The molecule has 0 radical (unpaired) electrons. The molecule has 0 aliphatic carbocycles. The molecule has 1 atom stereocenters. The molecule has 9 heteroatoms. The first-order valence-electron chi connectivity index (χ1n) is 10.0. The van der Waals surface area contributed by atoms with Crippen LogP contribution in [0, 0.1) is 0 Å². The summed E-state index contributed by atoms with van der Waals surface area (Å²) in [4.78, 5) is 15.1. The molecule has 1 amide bonds. The minimum Gasteiger partial charge on any atom is -0.497 e. The quantitative estimate of drug-likeness (QED) is 0.535. The van der Waals surface area contributed by atoms with E-state index in [1.807, 2.05) is 0 Å². The van der Waals surface area contributed by atoms with Gasteiger partial charge in [0.05, 0.1) is 32.6 Å². The second-order valence-corrected chi connectivity index (χ2v) is 7.06. The number of rotatable bonds is 7. The number of halogens is 2. The number of nitrogens with one attached hydrogen (secondary N) is 1. The van der Waals surface area contributed by atoms with Crippen LogP contribution in [0.4, 0.5) is 20.2 Å². The van der Waals surface area contributed by atoms with E-state index < -0.39 is 12.8 Å². The number of nitrogens with zero attached hydrogens (tertiary/aromatic N) is 1. The molecule has 172 valence electrons. The monoisotopic (exact) mass is 456 g/mol. The molecule has 0 fully saturated rings. The third kappa shape index (κ3) is 4.09. The van der Waals surface area contributed by atoms with Gasteiger partial charge in [0.15, 0.2) is 11.5 Å². The molecule has 3 aromatic rings. The fourth-order valence-electron chi connectivity index (χ4n) is 3.83. The molecular weight excluding hydrogens is 434 g/mol. The predicted octanol–water partition coefficient (Wildman–Crippen LogP) is 5.08. The predicted molar refractivity (Wildman–Crippen MR) is 119 cm³/mol. The zero-order chi connectivity index (χ0) is 23.5. The molecule has 33 heavy (non-hydrogen) atoms. The van der Waals surface area contributed by atoms with E-state index in [0.29, 0.717) is 28.4 Å². The Labute approximate surface area is 189 Å². The van der Waals surface area contributed by atoms with Crippen molar-refractivity contribution in [3.63, 3.8) is 0 Å². The molecule has 1 heterocycles. The van der Waals surface area contributed by atoms with Crippen molar-refractivity contribution in [1.82, 2.24) is 0 Å². The number of hydrogen-bond acceptors (Lipinski definition) is 6. The molecule has 3 aromatic carbocycles. The lowest BCUT2D eigenvalue weighted by Gasteiger charge is -2.39. The van der Waals surface area contributed by atoms with E-state index >= 15 is 0 Å². The SMILES string of the molecule is COc1ccc(N2C(=O)c3ccccc3NC2c2cccc(OC)c2OC(F)F)c(OC)c1. The van der Waals surface area contributed by atoms with E-state index in [2.05, 4.69) is 5.32 Å². The van der Waals surface area contributed by atoms with Crippen LogP contribution in [-0.4, -0.2) is 33.8 Å². The summed E-state index contributed by atoms with van der Waals surface area (Å²) >= 11 is 0.